The van der Waals surface area contributed by atoms with E-state index in [-0.39, 0.29) is 0 Å². The second kappa shape index (κ2) is 8.96. The quantitative estimate of drug-likeness (QED) is 0.295. The average Bonchev–Trinajstić information content (AvgIpc) is 3.18. The molecule has 0 spiro atoms. The van der Waals surface area contributed by atoms with Crippen LogP contribution in [0.1, 0.15) is 12.6 Å². The van der Waals surface area contributed by atoms with Crippen molar-refractivity contribution in [2.75, 3.05) is 11.9 Å². The number of nitrogens with one attached hydrogen (secondary N) is 1. The van der Waals surface area contributed by atoms with Crippen LogP contribution in [0.5, 0.6) is 5.75 Å². The van der Waals surface area contributed by atoms with Gasteiger partial charge in [-0.1, -0.05) is 54.1 Å². The molecule has 5 rings (SSSR count). The van der Waals surface area contributed by atoms with Crippen molar-refractivity contribution in [3.8, 4) is 28.1 Å². The van der Waals surface area contributed by atoms with Gasteiger partial charge in [-0.05, 0) is 55.8 Å². The number of nitrogens with zero attached hydrogens (tertiary/aromatic N) is 3. The summed E-state index contributed by atoms with van der Waals surface area (Å²) in [7, 11) is 0. The third-order valence-corrected chi connectivity index (χ3v) is 5.66. The van der Waals surface area contributed by atoms with Crippen molar-refractivity contribution >= 4 is 28.8 Å². The van der Waals surface area contributed by atoms with Crippen molar-refractivity contribution in [2.24, 2.45) is 0 Å². The standard InChI is InChI=1S/C27H23ClN4O/c1-3-33-23-15-13-22(14-16-23)29-25-17-24(19-7-5-4-6-8-19)30-27-26(18(2)31-32(25)27)20-9-11-21(28)12-10-20/h4-17,29H,3H2,1-2H3. The molecule has 0 unspecified atom stereocenters. The molecule has 3 aromatic carbocycles. The minimum absolute atomic E-state index is 0.637. The van der Waals surface area contributed by atoms with Crippen molar-refractivity contribution in [3.05, 3.63) is 95.6 Å². The number of benzene rings is 3. The largest absolute Gasteiger partial charge is 0.494 e. The number of fused-ring (bicyclic) bond motifs is 1. The number of anilines is 2. The fourth-order valence-corrected chi connectivity index (χ4v) is 4.00. The Labute approximate surface area is 197 Å². The van der Waals surface area contributed by atoms with Crippen LogP contribution >= 0.6 is 11.6 Å². The van der Waals surface area contributed by atoms with Crippen molar-refractivity contribution in [3.63, 3.8) is 0 Å². The Morgan fingerprint density at radius 1 is 0.909 bits per heavy atom. The van der Waals surface area contributed by atoms with E-state index in [0.717, 1.165) is 51.0 Å². The van der Waals surface area contributed by atoms with Crippen LogP contribution in [0.15, 0.2) is 84.9 Å². The van der Waals surface area contributed by atoms with E-state index in [1.165, 1.54) is 0 Å². The molecule has 2 aromatic heterocycles. The molecule has 0 amide bonds. The van der Waals surface area contributed by atoms with Gasteiger partial charge in [0.25, 0.3) is 0 Å². The molecule has 5 aromatic rings. The van der Waals surface area contributed by atoms with Crippen LogP contribution in [-0.2, 0) is 0 Å². The molecule has 5 nitrogen and oxygen atoms in total. The monoisotopic (exact) mass is 454 g/mol. The topological polar surface area (TPSA) is 51.5 Å². The van der Waals surface area contributed by atoms with Crippen LogP contribution in [0.25, 0.3) is 28.0 Å². The lowest BCUT2D eigenvalue weighted by molar-refractivity contribution is 0.340. The first kappa shape index (κ1) is 21.0. The van der Waals surface area contributed by atoms with Crippen LogP contribution in [-0.4, -0.2) is 21.2 Å². The lowest BCUT2D eigenvalue weighted by atomic mass is 10.1. The second-order valence-corrected chi connectivity index (χ2v) is 8.11. The summed E-state index contributed by atoms with van der Waals surface area (Å²) in [6, 6.07) is 27.9. The van der Waals surface area contributed by atoms with Crippen LogP contribution in [0.3, 0.4) is 0 Å². The van der Waals surface area contributed by atoms with Crippen LogP contribution < -0.4 is 10.1 Å². The van der Waals surface area contributed by atoms with Gasteiger partial charge in [0.2, 0.25) is 0 Å². The zero-order valence-electron chi connectivity index (χ0n) is 18.4. The van der Waals surface area contributed by atoms with Gasteiger partial charge in [-0.3, -0.25) is 0 Å². The van der Waals surface area contributed by atoms with Gasteiger partial charge in [0.15, 0.2) is 5.65 Å². The maximum Gasteiger partial charge on any atom is 0.166 e. The summed E-state index contributed by atoms with van der Waals surface area (Å²) < 4.78 is 7.43. The normalized spacial score (nSPS) is 11.0. The van der Waals surface area contributed by atoms with E-state index < -0.39 is 0 Å². The lowest BCUT2D eigenvalue weighted by Crippen LogP contribution is -2.03. The Morgan fingerprint density at radius 3 is 2.33 bits per heavy atom. The van der Waals surface area contributed by atoms with E-state index in [2.05, 4.69) is 17.4 Å². The molecule has 1 N–H and O–H groups in total. The first-order valence-corrected chi connectivity index (χ1v) is 11.2. The van der Waals surface area contributed by atoms with Crippen LogP contribution in [0, 0.1) is 6.92 Å². The molecule has 0 saturated carbocycles. The van der Waals surface area contributed by atoms with Gasteiger partial charge in [-0.2, -0.15) is 9.61 Å². The highest BCUT2D eigenvalue weighted by Gasteiger charge is 2.17. The van der Waals surface area contributed by atoms with Gasteiger partial charge >= 0.3 is 0 Å². The summed E-state index contributed by atoms with van der Waals surface area (Å²) in [5.41, 5.74) is 6.53. The van der Waals surface area contributed by atoms with Crippen molar-refractivity contribution in [1.82, 2.24) is 14.6 Å². The summed E-state index contributed by atoms with van der Waals surface area (Å²) in [4.78, 5) is 5.01. The van der Waals surface area contributed by atoms with Gasteiger partial charge in [0, 0.05) is 27.9 Å². The van der Waals surface area contributed by atoms with Gasteiger partial charge in [0.1, 0.15) is 11.6 Å². The fraction of sp³-hybridized carbons (Fsp3) is 0.111. The average molecular weight is 455 g/mol. The third-order valence-electron chi connectivity index (χ3n) is 5.40. The minimum atomic E-state index is 0.637. The summed E-state index contributed by atoms with van der Waals surface area (Å²) in [5.74, 6) is 1.67. The maximum absolute atomic E-state index is 6.13. The number of aromatic nitrogens is 3. The predicted molar refractivity (Wildman–Crippen MR) is 134 cm³/mol. The summed E-state index contributed by atoms with van der Waals surface area (Å²) >= 11 is 6.13. The van der Waals surface area contributed by atoms with Crippen LogP contribution in [0.2, 0.25) is 5.02 Å². The molecule has 6 heteroatoms. The second-order valence-electron chi connectivity index (χ2n) is 7.68. The Kier molecular flexibility index (Phi) is 5.71. The predicted octanol–water partition coefficient (Wildman–Crippen LogP) is 7.17. The maximum atomic E-state index is 6.13. The SMILES string of the molecule is CCOc1ccc(Nc2cc(-c3ccccc3)nc3c(-c4ccc(Cl)cc4)c(C)nn23)cc1. The Bertz CT molecular complexity index is 1390. The Morgan fingerprint density at radius 2 is 1.64 bits per heavy atom. The van der Waals surface area contributed by atoms with E-state index in [4.69, 9.17) is 26.4 Å². The van der Waals surface area contributed by atoms with Gasteiger partial charge in [0.05, 0.1) is 18.0 Å². The van der Waals surface area contributed by atoms with E-state index in [1.54, 1.807) is 0 Å². The van der Waals surface area contributed by atoms with E-state index in [9.17, 15) is 0 Å². The molecule has 164 valence electrons. The summed E-state index contributed by atoms with van der Waals surface area (Å²) in [6.45, 7) is 4.61. The smallest absolute Gasteiger partial charge is 0.166 e. The number of hydrogen-bond acceptors (Lipinski definition) is 4. The molecular weight excluding hydrogens is 432 g/mol. The molecule has 0 atom stereocenters. The number of ether oxygens (including phenoxy) is 1. The first-order chi connectivity index (χ1) is 16.1. The molecule has 0 aliphatic rings. The Balaban J connectivity index is 1.67. The van der Waals surface area contributed by atoms with Crippen molar-refractivity contribution in [2.45, 2.75) is 13.8 Å². The number of halogens is 1. The fourth-order valence-electron chi connectivity index (χ4n) is 3.87. The highest BCUT2D eigenvalue weighted by atomic mass is 35.5. The van der Waals surface area contributed by atoms with E-state index in [0.29, 0.717) is 11.6 Å². The van der Waals surface area contributed by atoms with Gasteiger partial charge in [-0.15, -0.1) is 0 Å². The van der Waals surface area contributed by atoms with Crippen molar-refractivity contribution < 1.29 is 4.74 Å². The number of hydrogen-bond donors (Lipinski definition) is 1. The zero-order valence-corrected chi connectivity index (χ0v) is 19.2. The molecular formula is C27H23ClN4O. The third kappa shape index (κ3) is 4.28. The van der Waals surface area contributed by atoms with Crippen LogP contribution in [0.4, 0.5) is 11.5 Å². The molecule has 0 saturated heterocycles. The molecule has 33 heavy (non-hydrogen) atoms. The van der Waals surface area contributed by atoms with E-state index in [1.807, 2.05) is 91.2 Å². The molecule has 0 aliphatic heterocycles. The van der Waals surface area contributed by atoms with Gasteiger partial charge in [-0.25, -0.2) is 4.98 Å². The number of aryl methyl sites for hydroxylation is 1. The molecule has 2 heterocycles. The lowest BCUT2D eigenvalue weighted by Gasteiger charge is -2.12. The van der Waals surface area contributed by atoms with Crippen molar-refractivity contribution in [1.29, 1.82) is 0 Å². The molecule has 0 bridgehead atoms. The number of rotatable bonds is 6. The molecule has 0 fully saturated rings. The van der Waals surface area contributed by atoms with E-state index >= 15 is 0 Å². The molecule has 0 aliphatic carbocycles. The highest BCUT2D eigenvalue weighted by molar-refractivity contribution is 6.30. The highest BCUT2D eigenvalue weighted by Crippen LogP contribution is 2.33. The minimum Gasteiger partial charge on any atom is -0.494 e. The summed E-state index contributed by atoms with van der Waals surface area (Å²) in [5, 5.41) is 9.03. The molecule has 0 radical (unpaired) electrons. The Hall–Kier alpha value is -3.83. The first-order valence-electron chi connectivity index (χ1n) is 10.8. The summed E-state index contributed by atoms with van der Waals surface area (Å²) in [6.07, 6.45) is 0. The van der Waals surface area contributed by atoms with Gasteiger partial charge < -0.3 is 10.1 Å². The zero-order chi connectivity index (χ0) is 22.8.